The van der Waals surface area contributed by atoms with Crippen LogP contribution in [-0.2, 0) is 0 Å². The number of Topliss-reactive ketones (excluding diaryl/α,β-unsaturated/α-hetero) is 1. The van der Waals surface area contributed by atoms with Crippen molar-refractivity contribution in [1.82, 2.24) is 0 Å². The van der Waals surface area contributed by atoms with Gasteiger partial charge in [0.1, 0.15) is 6.29 Å². The zero-order valence-electron chi connectivity index (χ0n) is 17.9. The van der Waals surface area contributed by atoms with Crippen LogP contribution in [0.25, 0.3) is 22.3 Å². The molecule has 0 saturated carbocycles. The van der Waals surface area contributed by atoms with Gasteiger partial charge in [0.25, 0.3) is 0 Å². The number of carbonyl (C=O) groups excluding carboxylic acids is 2. The molecule has 2 nitrogen and oxygen atoms in total. The molecule has 0 N–H and O–H groups in total. The number of hydrogen-bond donors (Lipinski definition) is 0. The van der Waals surface area contributed by atoms with Crippen LogP contribution < -0.4 is 0 Å². The molecule has 3 aliphatic carbocycles. The molecule has 0 atom stereocenters. The molecule has 3 aliphatic rings. The molecule has 0 fully saturated rings. The maximum absolute atomic E-state index is 13.5. The highest BCUT2D eigenvalue weighted by Gasteiger charge is 2.33. The van der Waals surface area contributed by atoms with Crippen molar-refractivity contribution in [3.63, 3.8) is 0 Å². The minimum atomic E-state index is 0.0283. The Balaban J connectivity index is 1.98. The molecule has 2 heteroatoms. The van der Waals surface area contributed by atoms with Crippen molar-refractivity contribution in [1.29, 1.82) is 0 Å². The van der Waals surface area contributed by atoms with E-state index < -0.39 is 0 Å². The van der Waals surface area contributed by atoms with E-state index in [0.717, 1.165) is 39.7 Å². The molecule has 0 heterocycles. The van der Waals surface area contributed by atoms with E-state index in [1.165, 1.54) is 22.3 Å². The molecule has 0 saturated heterocycles. The molecule has 146 valence electrons. The van der Waals surface area contributed by atoms with E-state index >= 15 is 0 Å². The Morgan fingerprint density at radius 3 is 2.17 bits per heavy atom. The summed E-state index contributed by atoms with van der Waals surface area (Å²) in [6.45, 7) is 12.5. The van der Waals surface area contributed by atoms with Crippen molar-refractivity contribution in [2.24, 2.45) is 0 Å². The lowest BCUT2D eigenvalue weighted by molar-refractivity contribution is 0.105. The lowest BCUT2D eigenvalue weighted by Crippen LogP contribution is -2.03. The summed E-state index contributed by atoms with van der Waals surface area (Å²) in [6.07, 6.45) is 0.829. The minimum absolute atomic E-state index is 0.0283. The predicted octanol–water partition coefficient (Wildman–Crippen LogP) is 6.78. The Morgan fingerprint density at radius 1 is 0.793 bits per heavy atom. The molecule has 0 unspecified atom stereocenters. The molecule has 0 amide bonds. The van der Waals surface area contributed by atoms with Gasteiger partial charge in [-0.25, -0.2) is 0 Å². The zero-order chi connectivity index (χ0) is 21.0. The fraction of sp³-hybridized carbons (Fsp3) is 0.259. The average molecular weight is 383 g/mol. The predicted molar refractivity (Wildman–Crippen MR) is 120 cm³/mol. The molecular weight excluding hydrogens is 356 g/mol. The summed E-state index contributed by atoms with van der Waals surface area (Å²) in [5.41, 5.74) is 11.8. The third-order valence-electron chi connectivity index (χ3n) is 6.36. The second kappa shape index (κ2) is 6.81. The number of carbonyl (C=O) groups is 2. The summed E-state index contributed by atoms with van der Waals surface area (Å²) in [4.78, 5) is 24.9. The number of benzene rings is 1. The van der Waals surface area contributed by atoms with E-state index in [0.29, 0.717) is 17.0 Å². The van der Waals surface area contributed by atoms with Gasteiger partial charge in [-0.05, 0) is 83.7 Å². The summed E-state index contributed by atoms with van der Waals surface area (Å²) in [5.74, 6) is 0.464. The summed E-state index contributed by atoms with van der Waals surface area (Å²) >= 11 is 0. The Morgan fingerprint density at radius 2 is 1.52 bits per heavy atom. The van der Waals surface area contributed by atoms with Gasteiger partial charge in [0.15, 0.2) is 5.78 Å². The Labute approximate surface area is 172 Å². The Kier molecular flexibility index (Phi) is 4.53. The molecule has 1 aromatic carbocycles. The van der Waals surface area contributed by atoms with Crippen molar-refractivity contribution in [3.8, 4) is 11.1 Å². The maximum atomic E-state index is 13.5. The van der Waals surface area contributed by atoms with Crippen molar-refractivity contribution in [2.45, 2.75) is 47.5 Å². The highest BCUT2D eigenvalue weighted by atomic mass is 16.1. The monoisotopic (exact) mass is 382 g/mol. The maximum Gasteiger partial charge on any atom is 0.194 e. The number of aryl methyl sites for hydroxylation is 2. The Hall–Kier alpha value is -3.00. The summed E-state index contributed by atoms with van der Waals surface area (Å²) in [5, 5.41) is 0. The third-order valence-corrected chi connectivity index (χ3v) is 6.36. The number of ketones is 1. The number of hydrogen-bond acceptors (Lipinski definition) is 2. The summed E-state index contributed by atoms with van der Waals surface area (Å²) in [7, 11) is 0. The number of fused-ring (bicyclic) bond motifs is 2. The van der Waals surface area contributed by atoms with Crippen LogP contribution in [0.5, 0.6) is 0 Å². The molecule has 29 heavy (non-hydrogen) atoms. The SMILES string of the molecule is CC1=C(c2cc(C)c3cc(C(C)C)ccc(C)c2-3)C(=O)c2c1ccc(C=O)c2C. The largest absolute Gasteiger partial charge is 0.298 e. The lowest BCUT2D eigenvalue weighted by atomic mass is 9.94. The van der Waals surface area contributed by atoms with Gasteiger partial charge in [0.05, 0.1) is 0 Å². The van der Waals surface area contributed by atoms with E-state index in [9.17, 15) is 9.59 Å². The van der Waals surface area contributed by atoms with E-state index in [1.807, 2.05) is 26.0 Å². The standard InChI is InChI=1S/C27H26O2/c1-14(2)19-8-7-15(3)24-22(12-19)16(4)11-23(24)26-18(6)21-10-9-20(13-28)17(5)25(21)27(26)29/h7-14H,1-6H3. The van der Waals surface area contributed by atoms with Crippen LogP contribution in [0.4, 0.5) is 0 Å². The zero-order valence-corrected chi connectivity index (χ0v) is 17.9. The molecule has 4 rings (SSSR count). The fourth-order valence-corrected chi connectivity index (χ4v) is 4.61. The normalized spacial score (nSPS) is 13.6. The van der Waals surface area contributed by atoms with E-state index in [-0.39, 0.29) is 5.78 Å². The second-order valence-corrected chi connectivity index (χ2v) is 8.49. The van der Waals surface area contributed by atoms with Crippen LogP contribution in [0.3, 0.4) is 0 Å². The molecular formula is C27H26O2. The highest BCUT2D eigenvalue weighted by Crippen LogP contribution is 2.46. The van der Waals surface area contributed by atoms with Crippen LogP contribution in [0.15, 0.2) is 36.4 Å². The van der Waals surface area contributed by atoms with Gasteiger partial charge in [0.2, 0.25) is 0 Å². The van der Waals surface area contributed by atoms with Gasteiger partial charge in [0, 0.05) is 16.7 Å². The average Bonchev–Trinajstić information content (AvgIpc) is 3.03. The van der Waals surface area contributed by atoms with E-state index in [2.05, 4.69) is 52.0 Å². The van der Waals surface area contributed by atoms with Gasteiger partial charge in [-0.15, -0.1) is 0 Å². The van der Waals surface area contributed by atoms with Crippen molar-refractivity contribution in [3.05, 3.63) is 80.9 Å². The summed E-state index contributed by atoms with van der Waals surface area (Å²) < 4.78 is 0. The van der Waals surface area contributed by atoms with Crippen LogP contribution in [0, 0.1) is 20.8 Å². The molecule has 0 radical (unpaired) electrons. The smallest absolute Gasteiger partial charge is 0.194 e. The Bertz CT molecular complexity index is 1190. The van der Waals surface area contributed by atoms with Crippen molar-refractivity contribution in [2.75, 3.05) is 0 Å². The molecule has 0 spiro atoms. The van der Waals surface area contributed by atoms with Gasteiger partial charge in [-0.1, -0.05) is 50.2 Å². The molecule has 1 aromatic rings. The minimum Gasteiger partial charge on any atom is -0.298 e. The van der Waals surface area contributed by atoms with Gasteiger partial charge < -0.3 is 0 Å². The van der Waals surface area contributed by atoms with E-state index in [4.69, 9.17) is 0 Å². The first kappa shape index (κ1) is 19.3. The number of allylic oxidation sites excluding steroid dienone is 2. The second-order valence-electron chi connectivity index (χ2n) is 8.49. The topological polar surface area (TPSA) is 34.1 Å². The van der Waals surface area contributed by atoms with Crippen molar-refractivity contribution < 1.29 is 9.59 Å². The van der Waals surface area contributed by atoms with Gasteiger partial charge in [-0.3, -0.25) is 9.59 Å². The molecule has 0 aliphatic heterocycles. The van der Waals surface area contributed by atoms with Crippen LogP contribution in [0.1, 0.15) is 80.8 Å². The van der Waals surface area contributed by atoms with Crippen molar-refractivity contribution >= 4 is 23.2 Å². The van der Waals surface area contributed by atoms with Gasteiger partial charge >= 0.3 is 0 Å². The van der Waals surface area contributed by atoms with Crippen LogP contribution >= 0.6 is 0 Å². The quantitative estimate of drug-likeness (QED) is 0.468. The van der Waals surface area contributed by atoms with Crippen LogP contribution in [-0.4, -0.2) is 12.1 Å². The number of aldehydes is 1. The lowest BCUT2D eigenvalue weighted by Gasteiger charge is -2.08. The molecule has 0 aromatic heterocycles. The first-order valence-corrected chi connectivity index (χ1v) is 10.1. The summed E-state index contributed by atoms with van der Waals surface area (Å²) in [6, 6.07) is 12.5. The number of rotatable bonds is 3. The molecule has 0 bridgehead atoms. The van der Waals surface area contributed by atoms with E-state index in [1.54, 1.807) is 0 Å². The fourth-order valence-electron chi connectivity index (χ4n) is 4.61. The first-order chi connectivity index (χ1) is 13.8. The third kappa shape index (κ3) is 2.78. The first-order valence-electron chi connectivity index (χ1n) is 10.1. The van der Waals surface area contributed by atoms with Gasteiger partial charge in [-0.2, -0.15) is 0 Å². The highest BCUT2D eigenvalue weighted by molar-refractivity contribution is 6.41. The van der Waals surface area contributed by atoms with Crippen LogP contribution in [0.2, 0.25) is 0 Å².